The molecule has 0 unspecified atom stereocenters. The van der Waals surface area contributed by atoms with Gasteiger partial charge in [0.15, 0.2) is 0 Å². The van der Waals surface area contributed by atoms with Crippen LogP contribution < -0.4 is 5.69 Å². The number of likely N-dealkylation sites (tertiary alicyclic amines) is 1. The minimum atomic E-state index is -0.250. The summed E-state index contributed by atoms with van der Waals surface area (Å²) in [5, 5.41) is 0. The van der Waals surface area contributed by atoms with Crippen LogP contribution in [0.5, 0.6) is 0 Å². The van der Waals surface area contributed by atoms with Gasteiger partial charge < -0.3 is 14.8 Å². The van der Waals surface area contributed by atoms with Gasteiger partial charge in [0, 0.05) is 32.9 Å². The highest BCUT2D eigenvalue weighted by molar-refractivity contribution is 8.00. The van der Waals surface area contributed by atoms with Gasteiger partial charge in [0.2, 0.25) is 5.91 Å². The van der Waals surface area contributed by atoms with Gasteiger partial charge in [-0.3, -0.25) is 14.2 Å². The van der Waals surface area contributed by atoms with Crippen molar-refractivity contribution >= 4 is 34.6 Å². The monoisotopic (exact) mass is 374 g/mol. The molecule has 0 radical (unpaired) electrons. The first kappa shape index (κ1) is 18.3. The Balaban J connectivity index is 1.67. The fraction of sp³-hybridized carbons (Fsp3) is 0.389. The first-order valence-electron chi connectivity index (χ1n) is 8.35. The third kappa shape index (κ3) is 3.29. The molecule has 1 N–H and O–H groups in total. The molecule has 1 aliphatic rings. The lowest BCUT2D eigenvalue weighted by atomic mass is 10.1. The molecule has 0 bridgehead atoms. The number of nitrogens with zero attached hydrogens (tertiary/aromatic N) is 3. The molecule has 0 spiro atoms. The summed E-state index contributed by atoms with van der Waals surface area (Å²) in [5.74, 6) is 1.11. The number of thioether (sulfide) groups is 1. The van der Waals surface area contributed by atoms with Gasteiger partial charge in [0.05, 0.1) is 28.4 Å². The summed E-state index contributed by atoms with van der Waals surface area (Å²) in [4.78, 5) is 42.9. The highest BCUT2D eigenvalue weighted by Gasteiger charge is 2.35. The Kier molecular flexibility index (Phi) is 5.22. The van der Waals surface area contributed by atoms with Gasteiger partial charge in [0.1, 0.15) is 0 Å². The molecule has 1 aromatic carbocycles. The second kappa shape index (κ2) is 7.41. The summed E-state index contributed by atoms with van der Waals surface area (Å²) in [6.07, 6.45) is 1.78. The third-order valence-corrected chi connectivity index (χ3v) is 5.64. The van der Waals surface area contributed by atoms with E-state index in [4.69, 9.17) is 0 Å². The molecular formula is C18H22N4O3S. The first-order valence-corrected chi connectivity index (χ1v) is 9.50. The van der Waals surface area contributed by atoms with Crippen molar-refractivity contribution in [2.24, 2.45) is 7.05 Å². The molecule has 0 aliphatic carbocycles. The number of amides is 2. The van der Waals surface area contributed by atoms with Crippen molar-refractivity contribution in [3.63, 3.8) is 0 Å². The molecule has 0 atom stereocenters. The number of aromatic nitrogens is 2. The number of H-pyrrole nitrogens is 1. The second-order valence-corrected chi connectivity index (χ2v) is 7.39. The lowest BCUT2D eigenvalue weighted by Gasteiger charge is -2.44. The molecule has 2 aromatic rings. The fourth-order valence-electron chi connectivity index (χ4n) is 3.01. The Morgan fingerprint density at radius 1 is 1.42 bits per heavy atom. The Labute approximate surface area is 155 Å². The van der Waals surface area contributed by atoms with Crippen LogP contribution in [0.1, 0.15) is 10.4 Å². The number of hydrogen-bond acceptors (Lipinski definition) is 4. The zero-order valence-corrected chi connectivity index (χ0v) is 15.7. The molecule has 8 heteroatoms. The number of rotatable bonds is 6. The van der Waals surface area contributed by atoms with Crippen molar-refractivity contribution in [1.82, 2.24) is 19.4 Å². The fourth-order valence-corrected chi connectivity index (χ4v) is 3.65. The third-order valence-electron chi connectivity index (χ3n) is 4.72. The lowest BCUT2D eigenvalue weighted by Crippen LogP contribution is -2.61. The molecule has 3 rings (SSSR count). The van der Waals surface area contributed by atoms with E-state index >= 15 is 0 Å². The number of carbonyl (C=O) groups excluding carboxylic acids is 2. The number of aryl methyl sites for hydroxylation is 1. The molecule has 26 heavy (non-hydrogen) atoms. The van der Waals surface area contributed by atoms with E-state index < -0.39 is 0 Å². The molecule has 0 saturated carbocycles. The van der Waals surface area contributed by atoms with Crippen molar-refractivity contribution in [2.45, 2.75) is 6.04 Å². The zero-order chi connectivity index (χ0) is 18.8. The molecule has 7 nitrogen and oxygen atoms in total. The van der Waals surface area contributed by atoms with Gasteiger partial charge in [0.25, 0.3) is 5.91 Å². The molecule has 2 amide bonds. The van der Waals surface area contributed by atoms with Crippen molar-refractivity contribution in [2.75, 3.05) is 31.6 Å². The summed E-state index contributed by atoms with van der Waals surface area (Å²) in [6.45, 7) is 4.71. The predicted molar refractivity (Wildman–Crippen MR) is 104 cm³/mol. The summed E-state index contributed by atoms with van der Waals surface area (Å²) < 4.78 is 1.48. The Morgan fingerprint density at radius 3 is 2.85 bits per heavy atom. The molecule has 1 saturated heterocycles. The van der Waals surface area contributed by atoms with Crippen molar-refractivity contribution in [3.8, 4) is 0 Å². The highest BCUT2D eigenvalue weighted by atomic mass is 32.2. The normalized spacial score (nSPS) is 14.3. The smallest absolute Gasteiger partial charge is 0.326 e. The topological polar surface area (TPSA) is 78.4 Å². The number of carbonyl (C=O) groups is 2. The van der Waals surface area contributed by atoms with Crippen LogP contribution in [0.3, 0.4) is 0 Å². The van der Waals surface area contributed by atoms with Crippen molar-refractivity contribution in [1.29, 1.82) is 0 Å². The maximum absolute atomic E-state index is 12.9. The van der Waals surface area contributed by atoms with E-state index in [9.17, 15) is 14.4 Å². The molecule has 2 heterocycles. The van der Waals surface area contributed by atoms with E-state index in [1.54, 1.807) is 48.2 Å². The number of hydrogen-bond donors (Lipinski definition) is 1. The van der Waals surface area contributed by atoms with Crippen molar-refractivity contribution < 1.29 is 9.59 Å². The van der Waals surface area contributed by atoms with Crippen LogP contribution in [-0.4, -0.2) is 68.8 Å². The van der Waals surface area contributed by atoms with Gasteiger partial charge in [-0.15, -0.1) is 18.3 Å². The van der Waals surface area contributed by atoms with Crippen LogP contribution in [0.15, 0.2) is 35.6 Å². The van der Waals surface area contributed by atoms with Gasteiger partial charge in [-0.05, 0) is 12.1 Å². The molecule has 1 fully saturated rings. The number of nitrogens with one attached hydrogen (secondary N) is 1. The van der Waals surface area contributed by atoms with Crippen LogP contribution in [-0.2, 0) is 11.8 Å². The first-order chi connectivity index (χ1) is 12.4. The standard InChI is InChI=1S/C18H22N4O3S/c1-4-8-26-11-15(23)22-9-12(10-22)20(2)17(24)13-6-5-7-14-16(13)19-18(25)21(14)3/h4-7,12H,1,8-11H2,2-3H3,(H,19,25). The average Bonchev–Trinajstić information content (AvgIpc) is 2.87. The number of fused-ring (bicyclic) bond motifs is 1. The molecular weight excluding hydrogens is 352 g/mol. The molecule has 1 aliphatic heterocycles. The Morgan fingerprint density at radius 2 is 2.15 bits per heavy atom. The lowest BCUT2D eigenvalue weighted by molar-refractivity contribution is -0.134. The number of benzene rings is 1. The Hall–Kier alpha value is -2.48. The van der Waals surface area contributed by atoms with E-state index in [1.807, 2.05) is 0 Å². The SMILES string of the molecule is C=CCSCC(=O)N1CC(N(C)C(=O)c2cccc3c2[nH]c(=O)n3C)C1. The summed E-state index contributed by atoms with van der Waals surface area (Å²) >= 11 is 1.53. The van der Waals surface area contributed by atoms with E-state index in [0.29, 0.717) is 35.4 Å². The van der Waals surface area contributed by atoms with E-state index in [0.717, 1.165) is 5.75 Å². The van der Waals surface area contributed by atoms with Gasteiger partial charge in [-0.2, -0.15) is 0 Å². The number of imidazole rings is 1. The predicted octanol–water partition coefficient (Wildman–Crippen LogP) is 1.07. The summed E-state index contributed by atoms with van der Waals surface area (Å²) in [7, 11) is 3.40. The summed E-state index contributed by atoms with van der Waals surface area (Å²) in [5.41, 5.74) is 1.46. The largest absolute Gasteiger partial charge is 0.338 e. The van der Waals surface area contributed by atoms with E-state index in [1.165, 1.54) is 16.3 Å². The van der Waals surface area contributed by atoms with Crippen LogP contribution >= 0.6 is 11.8 Å². The zero-order valence-electron chi connectivity index (χ0n) is 14.9. The maximum Gasteiger partial charge on any atom is 0.326 e. The number of aromatic amines is 1. The highest BCUT2D eigenvalue weighted by Crippen LogP contribution is 2.21. The van der Waals surface area contributed by atoms with Crippen LogP contribution in [0.25, 0.3) is 11.0 Å². The van der Waals surface area contributed by atoms with Crippen LogP contribution in [0, 0.1) is 0 Å². The number of para-hydroxylation sites is 1. The van der Waals surface area contributed by atoms with Gasteiger partial charge in [-0.1, -0.05) is 12.1 Å². The van der Waals surface area contributed by atoms with Crippen LogP contribution in [0.2, 0.25) is 0 Å². The quantitative estimate of drug-likeness (QED) is 0.606. The minimum absolute atomic E-state index is 0.0125. The number of likely N-dealkylation sites (N-methyl/N-ethyl adjacent to an activating group) is 1. The molecule has 1 aromatic heterocycles. The van der Waals surface area contributed by atoms with E-state index in [2.05, 4.69) is 11.6 Å². The van der Waals surface area contributed by atoms with E-state index in [-0.39, 0.29) is 23.5 Å². The van der Waals surface area contributed by atoms with Gasteiger partial charge in [-0.25, -0.2) is 4.79 Å². The van der Waals surface area contributed by atoms with Crippen molar-refractivity contribution in [3.05, 3.63) is 46.9 Å². The van der Waals surface area contributed by atoms with Gasteiger partial charge >= 0.3 is 5.69 Å². The molecule has 138 valence electrons. The maximum atomic E-state index is 12.9. The second-order valence-electron chi connectivity index (χ2n) is 6.36. The Bertz CT molecular complexity index is 911. The minimum Gasteiger partial charge on any atom is -0.338 e. The summed E-state index contributed by atoms with van der Waals surface area (Å²) in [6, 6.07) is 5.27. The average molecular weight is 374 g/mol. The van der Waals surface area contributed by atoms with Crippen LogP contribution in [0.4, 0.5) is 0 Å².